The lowest BCUT2D eigenvalue weighted by atomic mass is 9.97. The molecule has 7 nitrogen and oxygen atoms in total. The molecule has 1 aliphatic heterocycles. The molecule has 0 saturated heterocycles. The Balaban J connectivity index is 1.34. The van der Waals surface area contributed by atoms with Crippen LogP contribution in [0.25, 0.3) is 10.9 Å². The summed E-state index contributed by atoms with van der Waals surface area (Å²) in [6, 6.07) is 24.1. The van der Waals surface area contributed by atoms with Gasteiger partial charge in [0.15, 0.2) is 0 Å². The fourth-order valence-corrected chi connectivity index (χ4v) is 4.35. The van der Waals surface area contributed by atoms with Crippen molar-refractivity contribution in [2.75, 3.05) is 6.54 Å². The third kappa shape index (κ3) is 3.96. The number of hydrogen-bond acceptors (Lipinski definition) is 3. The van der Waals surface area contributed by atoms with Gasteiger partial charge in [0.2, 0.25) is 5.91 Å². The van der Waals surface area contributed by atoms with Crippen LogP contribution in [0.3, 0.4) is 0 Å². The zero-order valence-corrected chi connectivity index (χ0v) is 17.7. The van der Waals surface area contributed by atoms with Crippen molar-refractivity contribution in [3.05, 3.63) is 107 Å². The minimum absolute atomic E-state index is 0.146. The third-order valence-electron chi connectivity index (χ3n) is 5.84. The van der Waals surface area contributed by atoms with Crippen molar-refractivity contribution in [3.63, 3.8) is 0 Å². The lowest BCUT2D eigenvalue weighted by Crippen LogP contribution is -2.47. The van der Waals surface area contributed by atoms with Crippen molar-refractivity contribution in [1.29, 1.82) is 0 Å². The summed E-state index contributed by atoms with van der Waals surface area (Å²) >= 11 is 0. The van der Waals surface area contributed by atoms with Crippen LogP contribution in [-0.2, 0) is 16.0 Å². The molecule has 7 heteroatoms. The largest absolute Gasteiger partial charge is 0.361 e. The zero-order valence-electron chi connectivity index (χ0n) is 17.7. The van der Waals surface area contributed by atoms with Crippen LogP contribution in [0.15, 0.2) is 85.1 Å². The predicted octanol–water partition coefficient (Wildman–Crippen LogP) is 3.10. The van der Waals surface area contributed by atoms with Gasteiger partial charge in [0.1, 0.15) is 6.54 Å². The van der Waals surface area contributed by atoms with Crippen molar-refractivity contribution < 1.29 is 14.4 Å². The molecule has 5 rings (SSSR count). The van der Waals surface area contributed by atoms with E-state index in [1.54, 1.807) is 11.0 Å². The SMILES string of the molecule is O=C(Cc1ccccc1)NNC(=O)CN1C(=O)c2ccccc2C1c1c[nH]c2ccccc12. The molecular formula is C26H22N4O3. The van der Waals surface area contributed by atoms with E-state index >= 15 is 0 Å². The molecule has 0 bridgehead atoms. The molecule has 1 aromatic heterocycles. The summed E-state index contributed by atoms with van der Waals surface area (Å²) in [7, 11) is 0. The molecule has 0 radical (unpaired) electrons. The first-order valence-electron chi connectivity index (χ1n) is 10.7. The van der Waals surface area contributed by atoms with Crippen LogP contribution in [0.5, 0.6) is 0 Å². The van der Waals surface area contributed by atoms with E-state index in [1.165, 1.54) is 0 Å². The van der Waals surface area contributed by atoms with E-state index in [4.69, 9.17) is 0 Å². The second-order valence-corrected chi connectivity index (χ2v) is 7.97. The maximum Gasteiger partial charge on any atom is 0.258 e. The van der Waals surface area contributed by atoms with Crippen molar-refractivity contribution in [3.8, 4) is 0 Å². The Labute approximate surface area is 190 Å². The molecule has 3 aromatic carbocycles. The number of H-pyrrole nitrogens is 1. The van der Waals surface area contributed by atoms with Crippen LogP contribution in [0.1, 0.15) is 33.1 Å². The van der Waals surface area contributed by atoms with Crippen molar-refractivity contribution >= 4 is 28.6 Å². The van der Waals surface area contributed by atoms with Gasteiger partial charge in [-0.3, -0.25) is 25.2 Å². The Morgan fingerprint density at radius 3 is 2.36 bits per heavy atom. The molecule has 0 aliphatic carbocycles. The summed E-state index contributed by atoms with van der Waals surface area (Å²) in [6.45, 7) is -0.191. The van der Waals surface area contributed by atoms with Crippen LogP contribution < -0.4 is 10.9 Å². The Morgan fingerprint density at radius 2 is 1.52 bits per heavy atom. The number of para-hydroxylation sites is 1. The highest BCUT2D eigenvalue weighted by Gasteiger charge is 2.39. The standard InChI is InChI=1S/C26H22N4O3/c31-23(14-17-8-2-1-3-9-17)28-29-24(32)16-30-25(19-11-4-5-12-20(19)26(30)33)21-15-27-22-13-7-6-10-18(21)22/h1-13,15,25,27H,14,16H2,(H,28,31)(H,29,32). The summed E-state index contributed by atoms with van der Waals surface area (Å²) in [5, 5.41) is 0.994. The zero-order chi connectivity index (χ0) is 22.8. The predicted molar refractivity (Wildman–Crippen MR) is 124 cm³/mol. The lowest BCUT2D eigenvalue weighted by Gasteiger charge is -2.25. The number of aromatic nitrogens is 1. The van der Waals surface area contributed by atoms with Gasteiger partial charge < -0.3 is 9.88 Å². The third-order valence-corrected chi connectivity index (χ3v) is 5.84. The van der Waals surface area contributed by atoms with Gasteiger partial charge in [0, 0.05) is 28.2 Å². The molecule has 0 saturated carbocycles. The number of carbonyl (C=O) groups is 3. The average molecular weight is 438 g/mol. The fourth-order valence-electron chi connectivity index (χ4n) is 4.35. The molecule has 0 spiro atoms. The van der Waals surface area contributed by atoms with Gasteiger partial charge in [-0.25, -0.2) is 0 Å². The Morgan fingerprint density at radius 1 is 0.818 bits per heavy atom. The van der Waals surface area contributed by atoms with Crippen molar-refractivity contribution in [2.24, 2.45) is 0 Å². The number of nitrogens with one attached hydrogen (secondary N) is 3. The minimum atomic E-state index is -0.470. The quantitative estimate of drug-likeness (QED) is 0.418. The molecular weight excluding hydrogens is 416 g/mol. The maximum absolute atomic E-state index is 13.2. The lowest BCUT2D eigenvalue weighted by molar-refractivity contribution is -0.129. The second-order valence-electron chi connectivity index (χ2n) is 7.97. The summed E-state index contributed by atoms with van der Waals surface area (Å²) in [6.07, 6.45) is 2.03. The number of aromatic amines is 1. The molecule has 1 unspecified atom stereocenters. The van der Waals surface area contributed by atoms with E-state index in [2.05, 4.69) is 15.8 Å². The van der Waals surface area contributed by atoms with Crippen LogP contribution in [-0.4, -0.2) is 34.2 Å². The van der Waals surface area contributed by atoms with Crippen LogP contribution >= 0.6 is 0 Å². The van der Waals surface area contributed by atoms with Gasteiger partial charge in [0.05, 0.1) is 12.5 Å². The first-order valence-corrected chi connectivity index (χ1v) is 10.7. The molecule has 164 valence electrons. The van der Waals surface area contributed by atoms with E-state index in [0.717, 1.165) is 27.6 Å². The highest BCUT2D eigenvalue weighted by atomic mass is 16.2. The molecule has 1 aliphatic rings. The van der Waals surface area contributed by atoms with Gasteiger partial charge in [-0.05, 0) is 23.3 Å². The summed E-state index contributed by atoms with van der Waals surface area (Å²) in [5.74, 6) is -1.02. The van der Waals surface area contributed by atoms with Gasteiger partial charge in [0.25, 0.3) is 11.8 Å². The first kappa shape index (κ1) is 20.5. The number of rotatable bonds is 5. The number of carbonyl (C=O) groups excluding carboxylic acids is 3. The molecule has 1 atom stereocenters. The van der Waals surface area contributed by atoms with Gasteiger partial charge in [-0.15, -0.1) is 0 Å². The number of hydrazine groups is 1. The molecule has 2 heterocycles. The van der Waals surface area contributed by atoms with Gasteiger partial charge in [-0.2, -0.15) is 0 Å². The average Bonchev–Trinajstić information content (AvgIpc) is 3.37. The summed E-state index contributed by atoms with van der Waals surface area (Å²) in [5.41, 5.74) is 9.03. The maximum atomic E-state index is 13.2. The van der Waals surface area contributed by atoms with E-state index in [9.17, 15) is 14.4 Å². The molecule has 4 aromatic rings. The van der Waals surface area contributed by atoms with E-state index < -0.39 is 11.9 Å². The highest BCUT2D eigenvalue weighted by Crippen LogP contribution is 2.40. The number of nitrogens with zero attached hydrogens (tertiary/aromatic N) is 1. The smallest absolute Gasteiger partial charge is 0.258 e. The molecule has 3 N–H and O–H groups in total. The van der Waals surface area contributed by atoms with Crippen LogP contribution in [0, 0.1) is 0 Å². The topological polar surface area (TPSA) is 94.3 Å². The first-order chi connectivity index (χ1) is 16.1. The monoisotopic (exact) mass is 438 g/mol. The van der Waals surface area contributed by atoms with E-state index in [1.807, 2.05) is 79.0 Å². The van der Waals surface area contributed by atoms with Crippen molar-refractivity contribution in [1.82, 2.24) is 20.7 Å². The van der Waals surface area contributed by atoms with Gasteiger partial charge >= 0.3 is 0 Å². The van der Waals surface area contributed by atoms with E-state index in [-0.39, 0.29) is 24.8 Å². The van der Waals surface area contributed by atoms with Crippen LogP contribution in [0.4, 0.5) is 0 Å². The summed E-state index contributed by atoms with van der Waals surface area (Å²) in [4.78, 5) is 42.9. The highest BCUT2D eigenvalue weighted by molar-refractivity contribution is 6.02. The Bertz CT molecular complexity index is 1350. The second kappa shape index (κ2) is 8.63. The normalized spacial score (nSPS) is 14.8. The minimum Gasteiger partial charge on any atom is -0.361 e. The molecule has 33 heavy (non-hydrogen) atoms. The number of hydrogen-bond donors (Lipinski definition) is 3. The van der Waals surface area contributed by atoms with Crippen LogP contribution in [0.2, 0.25) is 0 Å². The molecule has 3 amide bonds. The number of amides is 3. The molecule has 0 fully saturated rings. The summed E-state index contributed by atoms with van der Waals surface area (Å²) < 4.78 is 0. The fraction of sp³-hybridized carbons (Fsp3) is 0.115. The Hall–Kier alpha value is -4.39. The Kier molecular flexibility index (Phi) is 5.36. The number of benzene rings is 3. The van der Waals surface area contributed by atoms with Crippen molar-refractivity contribution in [2.45, 2.75) is 12.5 Å². The van der Waals surface area contributed by atoms with E-state index in [0.29, 0.717) is 5.56 Å². The van der Waals surface area contributed by atoms with Gasteiger partial charge in [-0.1, -0.05) is 66.7 Å². The number of fused-ring (bicyclic) bond motifs is 2.